The second kappa shape index (κ2) is 10.9. The first-order chi connectivity index (χ1) is 18.0. The van der Waals surface area contributed by atoms with Crippen molar-refractivity contribution in [3.05, 3.63) is 89.5 Å². The molecule has 1 heterocycles. The number of rotatable bonds is 8. The van der Waals surface area contributed by atoms with E-state index in [1.807, 2.05) is 60.4 Å². The van der Waals surface area contributed by atoms with Gasteiger partial charge in [0.2, 0.25) is 5.91 Å². The number of ketones is 1. The van der Waals surface area contributed by atoms with E-state index in [2.05, 4.69) is 15.5 Å². The second-order valence-corrected chi connectivity index (χ2v) is 9.57. The van der Waals surface area contributed by atoms with E-state index < -0.39 is 0 Å². The zero-order valence-electron chi connectivity index (χ0n) is 21.1. The van der Waals surface area contributed by atoms with E-state index in [1.54, 1.807) is 24.3 Å². The van der Waals surface area contributed by atoms with E-state index in [-0.39, 0.29) is 23.5 Å². The molecule has 7 nitrogen and oxygen atoms in total. The van der Waals surface area contributed by atoms with Gasteiger partial charge in [0, 0.05) is 66.8 Å². The van der Waals surface area contributed by atoms with Crippen LogP contribution in [-0.4, -0.2) is 55.2 Å². The highest BCUT2D eigenvalue weighted by molar-refractivity contribution is 6.10. The SMILES string of the molecule is CCNc1ccc(C(=O)c2ccc(NC(=O)c3ccccc3N3CCN(C(=O)C4CC4)CC3)cc2)cc1. The Morgan fingerprint density at radius 2 is 1.38 bits per heavy atom. The minimum atomic E-state index is -0.204. The van der Waals surface area contributed by atoms with Crippen LogP contribution in [0.1, 0.15) is 46.0 Å². The summed E-state index contributed by atoms with van der Waals surface area (Å²) in [5.41, 5.74) is 4.24. The van der Waals surface area contributed by atoms with E-state index in [1.165, 1.54) is 0 Å². The van der Waals surface area contributed by atoms with Crippen LogP contribution in [-0.2, 0) is 4.79 Å². The number of carbonyl (C=O) groups excluding carboxylic acids is 3. The summed E-state index contributed by atoms with van der Waals surface area (Å²) in [6.45, 7) is 5.61. The topological polar surface area (TPSA) is 81.8 Å². The van der Waals surface area contributed by atoms with Gasteiger partial charge in [-0.15, -0.1) is 0 Å². The minimum Gasteiger partial charge on any atom is -0.385 e. The molecular formula is C30H32N4O3. The summed E-state index contributed by atoms with van der Waals surface area (Å²) in [5, 5.41) is 6.19. The molecule has 1 saturated heterocycles. The van der Waals surface area contributed by atoms with Gasteiger partial charge >= 0.3 is 0 Å². The normalized spacial score (nSPS) is 15.3. The fraction of sp³-hybridized carbons (Fsp3) is 0.300. The zero-order valence-corrected chi connectivity index (χ0v) is 21.1. The molecule has 1 saturated carbocycles. The first-order valence-corrected chi connectivity index (χ1v) is 13.0. The third-order valence-corrected chi connectivity index (χ3v) is 6.94. The number of nitrogens with zero attached hydrogens (tertiary/aromatic N) is 2. The quantitative estimate of drug-likeness (QED) is 0.444. The maximum absolute atomic E-state index is 13.2. The van der Waals surface area contributed by atoms with E-state index in [0.717, 1.165) is 30.8 Å². The monoisotopic (exact) mass is 496 g/mol. The van der Waals surface area contributed by atoms with E-state index in [4.69, 9.17) is 0 Å². The Morgan fingerprint density at radius 1 is 0.784 bits per heavy atom. The first kappa shape index (κ1) is 24.6. The fourth-order valence-corrected chi connectivity index (χ4v) is 4.71. The fourth-order valence-electron chi connectivity index (χ4n) is 4.71. The Bertz CT molecular complexity index is 1270. The molecule has 3 aromatic carbocycles. The average Bonchev–Trinajstić information content (AvgIpc) is 3.79. The van der Waals surface area contributed by atoms with Crippen LogP contribution in [0.15, 0.2) is 72.8 Å². The molecule has 7 heteroatoms. The molecule has 0 spiro atoms. The molecule has 5 rings (SSSR count). The average molecular weight is 497 g/mol. The third-order valence-electron chi connectivity index (χ3n) is 6.94. The van der Waals surface area contributed by atoms with Crippen molar-refractivity contribution in [2.45, 2.75) is 19.8 Å². The molecule has 0 unspecified atom stereocenters. The summed E-state index contributed by atoms with van der Waals surface area (Å²) in [7, 11) is 0. The van der Waals surface area contributed by atoms with Gasteiger partial charge in [0.15, 0.2) is 5.78 Å². The van der Waals surface area contributed by atoms with Crippen molar-refractivity contribution < 1.29 is 14.4 Å². The molecule has 0 atom stereocenters. The van der Waals surface area contributed by atoms with Crippen molar-refractivity contribution in [3.63, 3.8) is 0 Å². The number of hydrogen-bond donors (Lipinski definition) is 2. The summed E-state index contributed by atoms with van der Waals surface area (Å²) >= 11 is 0. The van der Waals surface area contributed by atoms with Gasteiger partial charge in [0.05, 0.1) is 5.56 Å². The lowest BCUT2D eigenvalue weighted by Gasteiger charge is -2.37. The predicted octanol–water partition coefficient (Wildman–Crippen LogP) is 4.66. The number of carbonyl (C=O) groups is 3. The van der Waals surface area contributed by atoms with Crippen LogP contribution in [0.25, 0.3) is 0 Å². The molecule has 0 radical (unpaired) electrons. The molecule has 2 aliphatic rings. The first-order valence-electron chi connectivity index (χ1n) is 13.0. The Labute approximate surface area is 217 Å². The van der Waals surface area contributed by atoms with Crippen molar-refractivity contribution in [1.29, 1.82) is 0 Å². The van der Waals surface area contributed by atoms with Crippen molar-refractivity contribution in [3.8, 4) is 0 Å². The Hall–Kier alpha value is -4.13. The maximum atomic E-state index is 13.2. The van der Waals surface area contributed by atoms with Crippen LogP contribution in [0.4, 0.5) is 17.1 Å². The van der Waals surface area contributed by atoms with Crippen LogP contribution in [0.3, 0.4) is 0 Å². The number of benzene rings is 3. The molecule has 1 aliphatic heterocycles. The Morgan fingerprint density at radius 3 is 1.97 bits per heavy atom. The van der Waals surface area contributed by atoms with E-state index in [9.17, 15) is 14.4 Å². The van der Waals surface area contributed by atoms with Crippen molar-refractivity contribution in [2.24, 2.45) is 5.92 Å². The van der Waals surface area contributed by atoms with E-state index in [0.29, 0.717) is 48.6 Å². The van der Waals surface area contributed by atoms with Gasteiger partial charge in [-0.1, -0.05) is 12.1 Å². The van der Waals surface area contributed by atoms with Crippen LogP contribution in [0, 0.1) is 5.92 Å². The summed E-state index contributed by atoms with van der Waals surface area (Å²) in [4.78, 5) is 42.6. The lowest BCUT2D eigenvalue weighted by molar-refractivity contribution is -0.132. The molecule has 2 fully saturated rings. The van der Waals surface area contributed by atoms with Crippen molar-refractivity contribution in [1.82, 2.24) is 4.90 Å². The predicted molar refractivity (Wildman–Crippen MR) is 146 cm³/mol. The van der Waals surface area contributed by atoms with Gasteiger partial charge < -0.3 is 20.4 Å². The molecule has 1 aliphatic carbocycles. The molecule has 37 heavy (non-hydrogen) atoms. The van der Waals surface area contributed by atoms with Gasteiger partial charge in [-0.2, -0.15) is 0 Å². The van der Waals surface area contributed by atoms with Crippen LogP contribution >= 0.6 is 0 Å². The summed E-state index contributed by atoms with van der Waals surface area (Å²) < 4.78 is 0. The summed E-state index contributed by atoms with van der Waals surface area (Å²) in [6.07, 6.45) is 2.03. The minimum absolute atomic E-state index is 0.0643. The molecule has 0 bridgehead atoms. The molecule has 2 N–H and O–H groups in total. The molecule has 2 amide bonds. The van der Waals surface area contributed by atoms with Crippen molar-refractivity contribution >= 4 is 34.7 Å². The van der Waals surface area contributed by atoms with Crippen molar-refractivity contribution in [2.75, 3.05) is 48.3 Å². The van der Waals surface area contributed by atoms with E-state index >= 15 is 0 Å². The number of para-hydroxylation sites is 1. The maximum Gasteiger partial charge on any atom is 0.257 e. The van der Waals surface area contributed by atoms with Crippen LogP contribution in [0.5, 0.6) is 0 Å². The Balaban J connectivity index is 1.22. The number of hydrogen-bond acceptors (Lipinski definition) is 5. The highest BCUT2D eigenvalue weighted by Gasteiger charge is 2.35. The number of anilines is 3. The molecule has 3 aromatic rings. The second-order valence-electron chi connectivity index (χ2n) is 9.57. The van der Waals surface area contributed by atoms with Gasteiger partial charge in [-0.25, -0.2) is 0 Å². The molecular weight excluding hydrogens is 464 g/mol. The summed E-state index contributed by atoms with van der Waals surface area (Å²) in [5.74, 6) is 0.240. The smallest absolute Gasteiger partial charge is 0.257 e. The standard InChI is InChI=1S/C30H32N4O3/c1-2-31-24-13-9-21(10-14-24)28(35)22-11-15-25(16-12-22)32-29(36)26-5-3-4-6-27(26)33-17-19-34(20-18-33)30(37)23-7-8-23/h3-6,9-16,23,31H,2,7-8,17-20H2,1H3,(H,32,36). The van der Waals surface area contributed by atoms with Gasteiger partial charge in [-0.3, -0.25) is 14.4 Å². The molecule has 190 valence electrons. The number of piperazine rings is 1. The zero-order chi connectivity index (χ0) is 25.8. The lowest BCUT2D eigenvalue weighted by Crippen LogP contribution is -2.49. The highest BCUT2D eigenvalue weighted by Crippen LogP contribution is 2.32. The van der Waals surface area contributed by atoms with Gasteiger partial charge in [-0.05, 0) is 80.4 Å². The van der Waals surface area contributed by atoms with Gasteiger partial charge in [0.25, 0.3) is 5.91 Å². The number of nitrogens with one attached hydrogen (secondary N) is 2. The van der Waals surface area contributed by atoms with Crippen LogP contribution < -0.4 is 15.5 Å². The Kier molecular flexibility index (Phi) is 7.21. The largest absolute Gasteiger partial charge is 0.385 e. The van der Waals surface area contributed by atoms with Crippen LogP contribution in [0.2, 0.25) is 0 Å². The highest BCUT2D eigenvalue weighted by atomic mass is 16.2. The summed E-state index contributed by atoms with van der Waals surface area (Å²) in [6, 6.07) is 22.0. The third kappa shape index (κ3) is 5.66. The lowest BCUT2D eigenvalue weighted by atomic mass is 10.0. The molecule has 0 aromatic heterocycles. The van der Waals surface area contributed by atoms with Gasteiger partial charge in [0.1, 0.15) is 0 Å². The number of amides is 2.